The molecule has 118 valence electrons. The summed E-state index contributed by atoms with van der Waals surface area (Å²) in [4.78, 5) is 1.75. The number of benzene rings is 1. The molecule has 1 heterocycles. The van der Waals surface area contributed by atoms with E-state index in [1.165, 1.54) is 12.1 Å². The summed E-state index contributed by atoms with van der Waals surface area (Å²) in [6.07, 6.45) is -1.26. The van der Waals surface area contributed by atoms with Gasteiger partial charge in [-0.15, -0.1) is 0 Å². The van der Waals surface area contributed by atoms with Gasteiger partial charge in [-0.25, -0.2) is 0 Å². The van der Waals surface area contributed by atoms with E-state index in [0.29, 0.717) is 12.2 Å². The number of likely N-dealkylation sites (N-methyl/N-ethyl adjacent to an activating group) is 1. The summed E-state index contributed by atoms with van der Waals surface area (Å²) in [5, 5.41) is -0.258. The molecule has 0 aromatic heterocycles. The Bertz CT molecular complexity index is 650. The molecule has 1 aliphatic rings. The Morgan fingerprint density at radius 1 is 1.33 bits per heavy atom. The second-order valence-corrected chi connectivity index (χ2v) is 5.28. The Hall–Kier alpha value is -1.32. The van der Waals surface area contributed by atoms with Crippen molar-refractivity contribution < 1.29 is 30.0 Å². The summed E-state index contributed by atoms with van der Waals surface area (Å²) >= 11 is 5.62. The van der Waals surface area contributed by atoms with Gasteiger partial charge in [0.15, 0.2) is 0 Å². The van der Waals surface area contributed by atoms with Crippen LogP contribution in [0.2, 0.25) is 5.02 Å². The van der Waals surface area contributed by atoms with Crippen LogP contribution in [0.15, 0.2) is 18.2 Å². The average Bonchev–Trinajstić information content (AvgIpc) is 2.24. The van der Waals surface area contributed by atoms with Gasteiger partial charge >= 0.3 is 16.7 Å². The van der Waals surface area contributed by atoms with E-state index in [4.69, 9.17) is 24.6 Å². The smallest absolute Gasteiger partial charge is 0.370 e. The maximum atomic E-state index is 12.8. The molecule has 0 saturated carbocycles. The van der Waals surface area contributed by atoms with Gasteiger partial charge < -0.3 is 4.90 Å². The molecule has 1 aliphatic heterocycles. The standard InChI is InChI=1S/C11H9ClF3N.FHO3S/c1-16-6-2-3-7-9(16)5-4-8(12)10(7)11(13,14)15;1-5(2,3)4/h2-5H,6H2,1H3;(H,2,3,4). The second kappa shape index (κ2) is 6.20. The number of nitrogens with zero attached hydrogens (tertiary/aromatic N) is 1. The van der Waals surface area contributed by atoms with Gasteiger partial charge in [0.05, 0.1) is 10.6 Å². The molecule has 1 aromatic carbocycles. The van der Waals surface area contributed by atoms with Gasteiger partial charge in [-0.2, -0.15) is 21.6 Å². The maximum absolute atomic E-state index is 12.8. The first kappa shape index (κ1) is 17.7. The first-order chi connectivity index (χ1) is 9.41. The number of hydrogen-bond donors (Lipinski definition) is 1. The Labute approximate surface area is 123 Å². The minimum Gasteiger partial charge on any atom is -0.370 e. The third-order valence-corrected chi connectivity index (χ3v) is 2.85. The van der Waals surface area contributed by atoms with Crippen LogP contribution in [0.5, 0.6) is 0 Å². The summed E-state index contributed by atoms with van der Waals surface area (Å²) in [5.41, 5.74) is -0.0533. The fraction of sp³-hybridized carbons (Fsp3) is 0.273. The van der Waals surface area contributed by atoms with Crippen molar-refractivity contribution in [2.45, 2.75) is 6.18 Å². The van der Waals surface area contributed by atoms with Crippen molar-refractivity contribution >= 4 is 33.9 Å². The highest BCUT2D eigenvalue weighted by Crippen LogP contribution is 2.42. The molecule has 0 atom stereocenters. The van der Waals surface area contributed by atoms with E-state index in [2.05, 4.69) is 0 Å². The van der Waals surface area contributed by atoms with Crippen LogP contribution in [0.4, 0.5) is 22.7 Å². The van der Waals surface area contributed by atoms with Crippen molar-refractivity contribution in [2.24, 2.45) is 0 Å². The van der Waals surface area contributed by atoms with Gasteiger partial charge in [0.1, 0.15) is 0 Å². The normalized spacial score (nSPS) is 14.3. The minimum atomic E-state index is -5.17. The van der Waals surface area contributed by atoms with Gasteiger partial charge in [-0.3, -0.25) is 4.55 Å². The lowest BCUT2D eigenvalue weighted by molar-refractivity contribution is -0.137. The molecule has 0 spiro atoms. The molecule has 0 unspecified atom stereocenters. The summed E-state index contributed by atoms with van der Waals surface area (Å²) in [7, 11) is -3.42. The van der Waals surface area contributed by atoms with Crippen LogP contribution in [0, 0.1) is 0 Å². The molecule has 0 amide bonds. The van der Waals surface area contributed by atoms with Crippen molar-refractivity contribution in [3.8, 4) is 0 Å². The fourth-order valence-electron chi connectivity index (χ4n) is 1.80. The fourth-order valence-corrected chi connectivity index (χ4v) is 2.07. The zero-order valence-electron chi connectivity index (χ0n) is 10.5. The molecular weight excluding hydrogens is 338 g/mol. The van der Waals surface area contributed by atoms with Crippen LogP contribution in [-0.4, -0.2) is 26.6 Å². The highest BCUT2D eigenvalue weighted by molar-refractivity contribution is 7.80. The highest BCUT2D eigenvalue weighted by atomic mass is 35.5. The number of alkyl halides is 3. The van der Waals surface area contributed by atoms with E-state index in [1.807, 2.05) is 0 Å². The minimum absolute atomic E-state index is 0.147. The van der Waals surface area contributed by atoms with E-state index in [-0.39, 0.29) is 10.6 Å². The van der Waals surface area contributed by atoms with Crippen molar-refractivity contribution in [2.75, 3.05) is 18.5 Å². The summed E-state index contributed by atoms with van der Waals surface area (Å²) < 4.78 is 72.6. The average molecular weight is 348 g/mol. The van der Waals surface area contributed by atoms with Crippen LogP contribution < -0.4 is 4.90 Å². The summed E-state index contributed by atoms with van der Waals surface area (Å²) in [5.74, 6) is 0. The molecule has 0 bridgehead atoms. The second-order valence-electron chi connectivity index (χ2n) is 4.05. The molecular formula is C11H10ClF4NO3S. The van der Waals surface area contributed by atoms with Gasteiger partial charge in [0.2, 0.25) is 0 Å². The Morgan fingerprint density at radius 2 is 1.86 bits per heavy atom. The van der Waals surface area contributed by atoms with Gasteiger partial charge in [-0.1, -0.05) is 27.6 Å². The highest BCUT2D eigenvalue weighted by Gasteiger charge is 2.37. The lowest BCUT2D eigenvalue weighted by Crippen LogP contribution is -2.22. The topological polar surface area (TPSA) is 57.6 Å². The molecule has 10 heteroatoms. The van der Waals surface area contributed by atoms with Crippen LogP contribution in [0.1, 0.15) is 11.1 Å². The van der Waals surface area contributed by atoms with E-state index in [9.17, 15) is 17.1 Å². The van der Waals surface area contributed by atoms with E-state index < -0.39 is 22.2 Å². The Kier molecular flexibility index (Phi) is 5.24. The summed E-state index contributed by atoms with van der Waals surface area (Å²) in [6, 6.07) is 2.90. The van der Waals surface area contributed by atoms with Crippen molar-refractivity contribution in [3.05, 3.63) is 34.4 Å². The number of halogens is 5. The maximum Gasteiger partial charge on any atom is 0.435 e. The zero-order valence-corrected chi connectivity index (χ0v) is 12.1. The van der Waals surface area contributed by atoms with Gasteiger partial charge in [0, 0.05) is 24.8 Å². The van der Waals surface area contributed by atoms with Crippen molar-refractivity contribution in [3.63, 3.8) is 0 Å². The SMILES string of the molecule is CN1CC=Cc2c1ccc(Cl)c2C(F)(F)F.O=S(=O)(O)F. The summed E-state index contributed by atoms with van der Waals surface area (Å²) in [6.45, 7) is 0.603. The molecule has 0 aliphatic carbocycles. The predicted octanol–water partition coefficient (Wildman–Crippen LogP) is 3.58. The van der Waals surface area contributed by atoms with Gasteiger partial charge in [-0.05, 0) is 12.1 Å². The predicted molar refractivity (Wildman–Crippen MR) is 71.4 cm³/mol. The largest absolute Gasteiger partial charge is 0.435 e. The number of anilines is 1. The third kappa shape index (κ3) is 5.18. The van der Waals surface area contributed by atoms with Gasteiger partial charge in [0.25, 0.3) is 0 Å². The quantitative estimate of drug-likeness (QED) is 0.443. The first-order valence-corrected chi connectivity index (χ1v) is 7.07. The van der Waals surface area contributed by atoms with Crippen LogP contribution in [0.3, 0.4) is 0 Å². The van der Waals surface area contributed by atoms with Crippen molar-refractivity contribution in [1.29, 1.82) is 0 Å². The van der Waals surface area contributed by atoms with Crippen molar-refractivity contribution in [1.82, 2.24) is 0 Å². The van der Waals surface area contributed by atoms with E-state index in [0.717, 1.165) is 0 Å². The molecule has 0 saturated heterocycles. The lowest BCUT2D eigenvalue weighted by atomic mass is 10.0. The number of fused-ring (bicyclic) bond motifs is 1. The number of rotatable bonds is 0. The lowest BCUT2D eigenvalue weighted by Gasteiger charge is -2.26. The van der Waals surface area contributed by atoms with Crippen LogP contribution >= 0.6 is 11.6 Å². The first-order valence-electron chi connectivity index (χ1n) is 5.35. The molecule has 2 rings (SSSR count). The Morgan fingerprint density at radius 3 is 2.33 bits per heavy atom. The molecule has 21 heavy (non-hydrogen) atoms. The Balaban J connectivity index is 0.000000383. The number of hydrogen-bond acceptors (Lipinski definition) is 3. The van der Waals surface area contributed by atoms with Crippen LogP contribution in [-0.2, 0) is 16.7 Å². The zero-order chi connectivity index (χ0) is 16.4. The monoisotopic (exact) mass is 347 g/mol. The van der Waals surface area contributed by atoms with E-state index >= 15 is 0 Å². The third-order valence-electron chi connectivity index (χ3n) is 2.53. The van der Waals surface area contributed by atoms with Crippen LogP contribution in [0.25, 0.3) is 6.08 Å². The molecule has 4 nitrogen and oxygen atoms in total. The molecule has 1 aromatic rings. The molecule has 0 fully saturated rings. The van der Waals surface area contributed by atoms with E-state index in [1.54, 1.807) is 24.1 Å². The molecule has 1 N–H and O–H groups in total. The molecule has 0 radical (unpaired) electrons.